The van der Waals surface area contributed by atoms with Gasteiger partial charge in [-0.05, 0) is 0 Å². The van der Waals surface area contributed by atoms with Crippen molar-refractivity contribution in [2.24, 2.45) is 0 Å². The van der Waals surface area contributed by atoms with Crippen LogP contribution in [0, 0.1) is 0 Å². The number of methoxy groups -OCH3 is 2. The topological polar surface area (TPSA) is 82.3 Å². The molecule has 1 N–H and O–H groups in total. The maximum atomic E-state index is 5.03. The first-order chi connectivity index (χ1) is 8.31. The second-order valence-electron chi connectivity index (χ2n) is 3.12. The lowest BCUT2D eigenvalue weighted by atomic mass is 10.4. The average molecular weight is 236 g/mol. The standard InChI is InChI=1S/C10H12N4O3/c1-15-8-5-9(16-2)13-10(12-8)11-6-7-3-4-17-14-7/h3-5H,6H2,1-2H3,(H,11,12,13). The third-order valence-electron chi connectivity index (χ3n) is 2.02. The van der Waals surface area contributed by atoms with E-state index in [9.17, 15) is 0 Å². The average Bonchev–Trinajstić information content (AvgIpc) is 2.89. The van der Waals surface area contributed by atoms with Crippen LogP contribution in [0.2, 0.25) is 0 Å². The number of anilines is 1. The van der Waals surface area contributed by atoms with E-state index < -0.39 is 0 Å². The van der Waals surface area contributed by atoms with Crippen LogP contribution in [0.5, 0.6) is 11.8 Å². The van der Waals surface area contributed by atoms with Gasteiger partial charge in [0, 0.05) is 6.07 Å². The molecule has 0 aromatic carbocycles. The Morgan fingerprint density at radius 2 is 1.94 bits per heavy atom. The Bertz CT molecular complexity index is 450. The fourth-order valence-electron chi connectivity index (χ4n) is 1.19. The van der Waals surface area contributed by atoms with Crippen molar-refractivity contribution in [3.05, 3.63) is 24.1 Å². The lowest BCUT2D eigenvalue weighted by molar-refractivity contribution is 0.372. The van der Waals surface area contributed by atoms with E-state index in [4.69, 9.17) is 14.0 Å². The molecule has 0 fully saturated rings. The fraction of sp³-hybridized carbons (Fsp3) is 0.300. The summed E-state index contributed by atoms with van der Waals surface area (Å²) in [7, 11) is 3.06. The molecule has 2 heterocycles. The van der Waals surface area contributed by atoms with Crippen molar-refractivity contribution in [3.63, 3.8) is 0 Å². The number of hydrogen-bond donors (Lipinski definition) is 1. The van der Waals surface area contributed by atoms with Gasteiger partial charge in [-0.1, -0.05) is 5.16 Å². The summed E-state index contributed by atoms with van der Waals surface area (Å²) in [6.45, 7) is 0.465. The van der Waals surface area contributed by atoms with Crippen LogP contribution >= 0.6 is 0 Å². The van der Waals surface area contributed by atoms with E-state index in [1.54, 1.807) is 12.1 Å². The van der Waals surface area contributed by atoms with E-state index in [2.05, 4.69) is 20.4 Å². The van der Waals surface area contributed by atoms with Crippen molar-refractivity contribution in [2.75, 3.05) is 19.5 Å². The zero-order valence-electron chi connectivity index (χ0n) is 9.51. The molecule has 2 aromatic rings. The molecule has 0 saturated carbocycles. The van der Waals surface area contributed by atoms with Crippen molar-refractivity contribution < 1.29 is 14.0 Å². The molecule has 2 aromatic heterocycles. The van der Waals surface area contributed by atoms with Crippen LogP contribution < -0.4 is 14.8 Å². The third kappa shape index (κ3) is 2.83. The van der Waals surface area contributed by atoms with Crippen LogP contribution in [0.25, 0.3) is 0 Å². The monoisotopic (exact) mass is 236 g/mol. The highest BCUT2D eigenvalue weighted by Crippen LogP contribution is 2.17. The second-order valence-corrected chi connectivity index (χ2v) is 3.12. The van der Waals surface area contributed by atoms with Gasteiger partial charge in [-0.2, -0.15) is 9.97 Å². The van der Waals surface area contributed by atoms with Crippen molar-refractivity contribution in [3.8, 4) is 11.8 Å². The lowest BCUT2D eigenvalue weighted by Gasteiger charge is -2.06. The van der Waals surface area contributed by atoms with Gasteiger partial charge >= 0.3 is 0 Å². The Hall–Kier alpha value is -2.31. The number of ether oxygens (including phenoxy) is 2. The first kappa shape index (κ1) is 11.2. The highest BCUT2D eigenvalue weighted by atomic mass is 16.5. The molecule has 0 aliphatic carbocycles. The molecule has 0 aliphatic rings. The van der Waals surface area contributed by atoms with Gasteiger partial charge in [0.15, 0.2) is 0 Å². The smallest absolute Gasteiger partial charge is 0.229 e. The van der Waals surface area contributed by atoms with Crippen molar-refractivity contribution >= 4 is 5.95 Å². The first-order valence-corrected chi connectivity index (χ1v) is 4.92. The summed E-state index contributed by atoms with van der Waals surface area (Å²) in [6, 6.07) is 3.35. The summed E-state index contributed by atoms with van der Waals surface area (Å²) in [4.78, 5) is 8.23. The van der Waals surface area contributed by atoms with Gasteiger partial charge in [0.1, 0.15) is 12.0 Å². The molecule has 0 unspecified atom stereocenters. The van der Waals surface area contributed by atoms with E-state index in [-0.39, 0.29) is 0 Å². The number of nitrogens with one attached hydrogen (secondary N) is 1. The summed E-state index contributed by atoms with van der Waals surface area (Å²) < 4.78 is 14.8. The van der Waals surface area contributed by atoms with Crippen LogP contribution in [-0.4, -0.2) is 29.3 Å². The molecule has 17 heavy (non-hydrogen) atoms. The van der Waals surface area contributed by atoms with Crippen molar-refractivity contribution in [2.45, 2.75) is 6.54 Å². The number of rotatable bonds is 5. The Balaban J connectivity index is 2.09. The summed E-state index contributed by atoms with van der Waals surface area (Å²) in [5.41, 5.74) is 0.760. The molecule has 7 nitrogen and oxygen atoms in total. The molecule has 90 valence electrons. The third-order valence-corrected chi connectivity index (χ3v) is 2.02. The minimum atomic E-state index is 0.407. The van der Waals surface area contributed by atoms with Gasteiger partial charge in [-0.25, -0.2) is 0 Å². The zero-order valence-corrected chi connectivity index (χ0v) is 9.51. The molecule has 0 atom stereocenters. The Kier molecular flexibility index (Phi) is 3.39. The predicted octanol–water partition coefficient (Wildman–Crippen LogP) is 1.09. The molecule has 0 radical (unpaired) electrons. The predicted molar refractivity (Wildman–Crippen MR) is 59.0 cm³/mol. The highest BCUT2D eigenvalue weighted by molar-refractivity contribution is 5.33. The zero-order chi connectivity index (χ0) is 12.1. The van der Waals surface area contributed by atoms with E-state index in [1.165, 1.54) is 20.5 Å². The molecular weight excluding hydrogens is 224 g/mol. The quantitative estimate of drug-likeness (QED) is 0.832. The molecular formula is C10H12N4O3. The Labute approximate surface area is 97.8 Å². The van der Waals surface area contributed by atoms with Crippen LogP contribution in [0.4, 0.5) is 5.95 Å². The molecule has 2 rings (SSSR count). The van der Waals surface area contributed by atoms with Crippen molar-refractivity contribution in [1.29, 1.82) is 0 Å². The van der Waals surface area contributed by atoms with E-state index in [1.807, 2.05) is 0 Å². The van der Waals surface area contributed by atoms with Crippen LogP contribution in [0.1, 0.15) is 5.69 Å². The normalized spacial score (nSPS) is 10.0. The van der Waals surface area contributed by atoms with Crippen molar-refractivity contribution in [1.82, 2.24) is 15.1 Å². The fourth-order valence-corrected chi connectivity index (χ4v) is 1.19. The Morgan fingerprint density at radius 1 is 1.24 bits per heavy atom. The Morgan fingerprint density at radius 3 is 2.47 bits per heavy atom. The van der Waals surface area contributed by atoms with E-state index >= 15 is 0 Å². The largest absolute Gasteiger partial charge is 0.481 e. The number of aromatic nitrogens is 3. The van der Waals surface area contributed by atoms with E-state index in [0.717, 1.165) is 5.69 Å². The lowest BCUT2D eigenvalue weighted by Crippen LogP contribution is -2.05. The van der Waals surface area contributed by atoms with Gasteiger partial charge < -0.3 is 19.3 Å². The van der Waals surface area contributed by atoms with Crippen LogP contribution in [0.15, 0.2) is 22.9 Å². The SMILES string of the molecule is COc1cc(OC)nc(NCc2ccon2)n1. The van der Waals surface area contributed by atoms with Crippen LogP contribution in [0.3, 0.4) is 0 Å². The maximum Gasteiger partial charge on any atom is 0.229 e. The van der Waals surface area contributed by atoms with Gasteiger partial charge in [0.2, 0.25) is 17.7 Å². The minimum absolute atomic E-state index is 0.407. The molecule has 0 amide bonds. The molecule has 0 bridgehead atoms. The number of nitrogens with zero attached hydrogens (tertiary/aromatic N) is 3. The van der Waals surface area contributed by atoms with Gasteiger partial charge in [0.05, 0.1) is 26.8 Å². The summed E-state index contributed by atoms with van der Waals surface area (Å²) in [5.74, 6) is 1.27. The molecule has 0 saturated heterocycles. The van der Waals surface area contributed by atoms with Gasteiger partial charge in [0.25, 0.3) is 0 Å². The summed E-state index contributed by atoms with van der Waals surface area (Å²) in [6.07, 6.45) is 1.50. The molecule has 0 spiro atoms. The van der Waals surface area contributed by atoms with Gasteiger partial charge in [-0.15, -0.1) is 0 Å². The van der Waals surface area contributed by atoms with Crippen LogP contribution in [-0.2, 0) is 6.54 Å². The first-order valence-electron chi connectivity index (χ1n) is 4.92. The van der Waals surface area contributed by atoms with E-state index in [0.29, 0.717) is 24.3 Å². The van der Waals surface area contributed by atoms with Gasteiger partial charge in [-0.3, -0.25) is 0 Å². The minimum Gasteiger partial charge on any atom is -0.481 e. The molecule has 0 aliphatic heterocycles. The maximum absolute atomic E-state index is 5.03. The number of hydrogen-bond acceptors (Lipinski definition) is 7. The summed E-state index contributed by atoms with van der Waals surface area (Å²) >= 11 is 0. The summed E-state index contributed by atoms with van der Waals surface area (Å²) in [5, 5.41) is 6.75. The highest BCUT2D eigenvalue weighted by Gasteiger charge is 2.05. The molecule has 7 heteroatoms. The second kappa shape index (κ2) is 5.15.